The van der Waals surface area contributed by atoms with Crippen LogP contribution in [0.4, 0.5) is 0 Å². The Morgan fingerprint density at radius 3 is 1.43 bits per heavy atom. The van der Waals surface area contributed by atoms with Crippen LogP contribution >= 0.6 is 0 Å². The number of aromatic amines is 2. The summed E-state index contributed by atoms with van der Waals surface area (Å²) in [6.45, 7) is 8.34. The second kappa shape index (κ2) is 8.08. The van der Waals surface area contributed by atoms with Gasteiger partial charge >= 0.3 is 0 Å². The minimum Gasteiger partial charge on any atom is -0.304 e. The molecule has 28 heavy (non-hydrogen) atoms. The third-order valence-electron chi connectivity index (χ3n) is 4.26. The van der Waals surface area contributed by atoms with Gasteiger partial charge in [0.25, 0.3) is 11.1 Å². The van der Waals surface area contributed by atoms with Gasteiger partial charge in [-0.15, -0.1) is 0 Å². The zero-order valence-electron chi connectivity index (χ0n) is 16.2. The van der Waals surface area contributed by atoms with Gasteiger partial charge < -0.3 is 9.97 Å². The van der Waals surface area contributed by atoms with E-state index in [-0.39, 0.29) is 11.1 Å². The molecule has 0 aliphatic rings. The number of pyridine rings is 2. The van der Waals surface area contributed by atoms with Crippen molar-refractivity contribution in [3.63, 3.8) is 0 Å². The second-order valence-corrected chi connectivity index (χ2v) is 7.00. The molecule has 0 fully saturated rings. The Kier molecular flexibility index (Phi) is 5.58. The summed E-state index contributed by atoms with van der Waals surface area (Å²) >= 11 is 0. The number of hydrogen-bond donors (Lipinski definition) is 2. The number of nitrogens with one attached hydrogen (secondary N) is 2. The van der Waals surface area contributed by atoms with Crippen molar-refractivity contribution >= 4 is 22.3 Å². The number of rotatable bonds is 2. The molecule has 8 heteroatoms. The molecule has 0 atom stereocenters. The molecule has 0 unspecified atom stereocenters. The first-order chi connectivity index (χ1) is 13.4. The highest BCUT2D eigenvalue weighted by Gasteiger charge is 2.07. The van der Waals surface area contributed by atoms with Gasteiger partial charge in [-0.3, -0.25) is 9.59 Å². The lowest BCUT2D eigenvalue weighted by atomic mass is 10.0. The van der Waals surface area contributed by atoms with Crippen molar-refractivity contribution in [1.29, 1.82) is 0 Å². The van der Waals surface area contributed by atoms with Crippen LogP contribution in [0.2, 0.25) is 0 Å². The summed E-state index contributed by atoms with van der Waals surface area (Å²) in [5.74, 6) is 0.748. The Hall–Kier alpha value is -3.42. The van der Waals surface area contributed by atoms with Gasteiger partial charge in [0.15, 0.2) is 11.3 Å². The Morgan fingerprint density at radius 1 is 0.679 bits per heavy atom. The van der Waals surface area contributed by atoms with Crippen molar-refractivity contribution < 1.29 is 0 Å². The van der Waals surface area contributed by atoms with Gasteiger partial charge in [-0.25, -0.2) is 19.9 Å². The van der Waals surface area contributed by atoms with Crippen molar-refractivity contribution in [3.05, 3.63) is 68.8 Å². The van der Waals surface area contributed by atoms with E-state index in [1.54, 1.807) is 12.4 Å². The molecule has 4 heterocycles. The van der Waals surface area contributed by atoms with Crippen molar-refractivity contribution in [2.24, 2.45) is 0 Å². The third kappa shape index (κ3) is 4.11. The SMILES string of the molecule is CC(C)c1ccnc2[nH]c(=O)cnc12.CC(C)c1ccnc2[nH]c(=O)cnc12. The molecule has 0 saturated heterocycles. The highest BCUT2D eigenvalue weighted by Crippen LogP contribution is 2.20. The van der Waals surface area contributed by atoms with Crippen LogP contribution in [-0.2, 0) is 0 Å². The monoisotopic (exact) mass is 378 g/mol. The highest BCUT2D eigenvalue weighted by atomic mass is 16.1. The summed E-state index contributed by atoms with van der Waals surface area (Å²) in [5.41, 5.74) is 4.45. The largest absolute Gasteiger partial charge is 0.304 e. The fraction of sp³-hybridized carbons (Fsp3) is 0.300. The smallest absolute Gasteiger partial charge is 0.268 e. The minimum absolute atomic E-state index is 0.217. The number of nitrogens with zero attached hydrogens (tertiary/aromatic N) is 4. The van der Waals surface area contributed by atoms with Gasteiger partial charge in [0.2, 0.25) is 0 Å². The summed E-state index contributed by atoms with van der Waals surface area (Å²) in [6, 6.07) is 3.86. The van der Waals surface area contributed by atoms with Gasteiger partial charge in [-0.05, 0) is 35.1 Å². The van der Waals surface area contributed by atoms with E-state index in [1.807, 2.05) is 12.1 Å². The Bertz CT molecular complexity index is 1130. The van der Waals surface area contributed by atoms with E-state index in [0.717, 1.165) is 22.2 Å². The van der Waals surface area contributed by atoms with E-state index < -0.39 is 0 Å². The molecule has 0 radical (unpaired) electrons. The lowest BCUT2D eigenvalue weighted by Gasteiger charge is -2.06. The van der Waals surface area contributed by atoms with Gasteiger partial charge in [0.05, 0.1) is 12.4 Å². The summed E-state index contributed by atoms with van der Waals surface area (Å²) in [7, 11) is 0. The Labute approximate surface area is 161 Å². The van der Waals surface area contributed by atoms with Crippen LogP contribution in [0.25, 0.3) is 22.3 Å². The predicted molar refractivity (Wildman–Crippen MR) is 108 cm³/mol. The quantitative estimate of drug-likeness (QED) is 0.554. The van der Waals surface area contributed by atoms with Gasteiger partial charge in [-0.1, -0.05) is 27.7 Å². The summed E-state index contributed by atoms with van der Waals surface area (Å²) < 4.78 is 0. The van der Waals surface area contributed by atoms with Gasteiger partial charge in [0, 0.05) is 12.4 Å². The number of hydrogen-bond acceptors (Lipinski definition) is 6. The molecule has 4 aromatic rings. The van der Waals surface area contributed by atoms with E-state index in [1.165, 1.54) is 12.4 Å². The molecule has 4 rings (SSSR count). The molecule has 2 N–H and O–H groups in total. The predicted octanol–water partition coefficient (Wildman–Crippen LogP) is 2.88. The average Bonchev–Trinajstić information content (AvgIpc) is 2.66. The summed E-state index contributed by atoms with van der Waals surface area (Å²) in [5, 5.41) is 0. The summed E-state index contributed by atoms with van der Waals surface area (Å²) in [4.78, 5) is 43.7. The number of H-pyrrole nitrogens is 2. The third-order valence-corrected chi connectivity index (χ3v) is 4.26. The van der Waals surface area contributed by atoms with Gasteiger partial charge in [0.1, 0.15) is 11.0 Å². The van der Waals surface area contributed by atoms with Crippen molar-refractivity contribution in [1.82, 2.24) is 29.9 Å². The molecule has 0 spiro atoms. The first-order valence-corrected chi connectivity index (χ1v) is 9.04. The molecule has 4 aromatic heterocycles. The molecule has 0 amide bonds. The second-order valence-electron chi connectivity index (χ2n) is 7.00. The molecule has 0 bridgehead atoms. The minimum atomic E-state index is -0.217. The van der Waals surface area contributed by atoms with Crippen molar-refractivity contribution in [2.75, 3.05) is 0 Å². The van der Waals surface area contributed by atoms with E-state index >= 15 is 0 Å². The van der Waals surface area contributed by atoms with Crippen LogP contribution in [0.1, 0.15) is 50.7 Å². The van der Waals surface area contributed by atoms with Crippen molar-refractivity contribution in [2.45, 2.75) is 39.5 Å². The topological polar surface area (TPSA) is 117 Å². The number of fused-ring (bicyclic) bond motifs is 2. The Morgan fingerprint density at radius 2 is 1.07 bits per heavy atom. The normalized spacial score (nSPS) is 11.1. The van der Waals surface area contributed by atoms with Crippen LogP contribution in [0.5, 0.6) is 0 Å². The average molecular weight is 378 g/mol. The van der Waals surface area contributed by atoms with E-state index in [9.17, 15) is 9.59 Å². The molecule has 0 aliphatic heterocycles. The van der Waals surface area contributed by atoms with Crippen LogP contribution in [0.3, 0.4) is 0 Å². The van der Waals surface area contributed by atoms with Crippen LogP contribution < -0.4 is 11.1 Å². The lowest BCUT2D eigenvalue weighted by Crippen LogP contribution is -2.07. The van der Waals surface area contributed by atoms with Gasteiger partial charge in [-0.2, -0.15) is 0 Å². The first kappa shape index (κ1) is 19.3. The molecule has 0 aliphatic carbocycles. The Balaban J connectivity index is 0.000000161. The van der Waals surface area contributed by atoms with E-state index in [4.69, 9.17) is 0 Å². The first-order valence-electron chi connectivity index (χ1n) is 9.04. The summed E-state index contributed by atoms with van der Waals surface area (Å²) in [6.07, 6.45) is 5.95. The number of aromatic nitrogens is 6. The standard InChI is InChI=1S/2C10H11N3O/c2*1-6(2)7-3-4-11-10-9(7)12-5-8(14)13-10/h2*3-6H,1-2H3,(H,11,13,14). The molecule has 8 nitrogen and oxygen atoms in total. The highest BCUT2D eigenvalue weighted by molar-refractivity contribution is 5.74. The molecule has 0 aromatic carbocycles. The van der Waals surface area contributed by atoms with E-state index in [2.05, 4.69) is 57.6 Å². The van der Waals surface area contributed by atoms with Crippen LogP contribution in [0, 0.1) is 0 Å². The van der Waals surface area contributed by atoms with Crippen molar-refractivity contribution in [3.8, 4) is 0 Å². The fourth-order valence-electron chi connectivity index (χ4n) is 2.87. The lowest BCUT2D eigenvalue weighted by molar-refractivity contribution is 0.868. The molecular weight excluding hydrogens is 356 g/mol. The molecular formula is C20H22N6O2. The maximum atomic E-state index is 11.0. The maximum absolute atomic E-state index is 11.0. The molecule has 0 saturated carbocycles. The van der Waals surface area contributed by atoms with E-state index in [0.29, 0.717) is 23.1 Å². The molecule has 144 valence electrons. The van der Waals surface area contributed by atoms with Crippen LogP contribution in [0.15, 0.2) is 46.5 Å². The van der Waals surface area contributed by atoms with Crippen LogP contribution in [-0.4, -0.2) is 29.9 Å². The zero-order chi connectivity index (χ0) is 20.3. The fourth-order valence-corrected chi connectivity index (χ4v) is 2.87. The maximum Gasteiger partial charge on any atom is 0.268 e. The zero-order valence-corrected chi connectivity index (χ0v) is 16.2.